The van der Waals surface area contributed by atoms with Crippen molar-refractivity contribution in [3.63, 3.8) is 0 Å². The highest BCUT2D eigenvalue weighted by atomic mass is 32.2. The lowest BCUT2D eigenvalue weighted by Gasteiger charge is -2.27. The first-order chi connectivity index (χ1) is 39.6. The number of hydrogen-bond donors (Lipinski definition) is 7. The molecule has 0 spiro atoms. The molecule has 1 aromatic heterocycles. The van der Waals surface area contributed by atoms with Crippen molar-refractivity contribution in [2.24, 2.45) is 5.14 Å². The van der Waals surface area contributed by atoms with Crippen LogP contribution in [0.15, 0.2) is 147 Å². The van der Waals surface area contributed by atoms with Crippen LogP contribution in [0.5, 0.6) is 0 Å². The minimum atomic E-state index is -5.02. The van der Waals surface area contributed by atoms with Gasteiger partial charge in [-0.25, -0.2) is 13.6 Å². The van der Waals surface area contributed by atoms with Gasteiger partial charge in [0.05, 0.1) is 37.1 Å². The predicted molar refractivity (Wildman–Crippen MR) is 322 cm³/mol. The molecule has 0 saturated heterocycles. The van der Waals surface area contributed by atoms with Gasteiger partial charge in [-0.2, -0.15) is 38.2 Å². The second kappa shape index (κ2) is 24.4. The van der Waals surface area contributed by atoms with Gasteiger partial charge in [0.15, 0.2) is 5.71 Å². The van der Waals surface area contributed by atoms with Crippen LogP contribution >= 0.6 is 0 Å². The number of allylic oxidation sites excluding steroid dienone is 6. The summed E-state index contributed by atoms with van der Waals surface area (Å²) in [6.07, 6.45) is 11.1. The van der Waals surface area contributed by atoms with Gasteiger partial charge in [0.2, 0.25) is 21.6 Å². The van der Waals surface area contributed by atoms with E-state index in [2.05, 4.69) is 10.6 Å². The van der Waals surface area contributed by atoms with Crippen LogP contribution in [0.1, 0.15) is 106 Å². The number of carbonyl (C=O) groups excluding carboxylic acids is 2. The van der Waals surface area contributed by atoms with Gasteiger partial charge in [-0.3, -0.25) is 32.8 Å². The Labute approximate surface area is 494 Å². The maximum atomic E-state index is 13.5. The van der Waals surface area contributed by atoms with E-state index in [9.17, 15) is 69.9 Å². The average Bonchev–Trinajstić information content (AvgIpc) is 1.77. The van der Waals surface area contributed by atoms with Crippen LogP contribution in [0, 0.1) is 0 Å². The molecule has 85 heavy (non-hydrogen) atoms. The molecule has 3 heterocycles. The van der Waals surface area contributed by atoms with Crippen LogP contribution in [-0.2, 0) is 72.7 Å². The number of carbonyl (C=O) groups is 2. The summed E-state index contributed by atoms with van der Waals surface area (Å²) in [5.41, 5.74) is 3.43. The molecule has 0 unspecified atom stereocenters. The third-order valence-corrected chi connectivity index (χ3v) is 19.4. The van der Waals surface area contributed by atoms with Crippen molar-refractivity contribution < 1.29 is 74.5 Å². The van der Waals surface area contributed by atoms with Crippen molar-refractivity contribution in [1.29, 1.82) is 0 Å². The molecule has 0 aliphatic carbocycles. The molecular formula is C58H65N6O16S5+. The Hall–Kier alpha value is -7.05. The SMILES string of the molecule is CCCN1/C(=C/C=C(/C=C/C2=[N+](CCCS(=O)(=O)O)c3ccc4ccc(S(=O)(=O)O)cc4c3C2(C)C)c2ccc(C(=O)NCCCCCC(=O)NCc3ccc(S(N)(=O)=O)cc3)cn2)C(C)(C)c2c1ccc1c(S(=O)(=O)O)cc(S(=O)(=O)O)cc21. The van der Waals surface area contributed by atoms with Crippen molar-refractivity contribution in [1.82, 2.24) is 15.6 Å². The third-order valence-electron chi connectivity index (χ3n) is 15.1. The van der Waals surface area contributed by atoms with Crippen LogP contribution in [0.2, 0.25) is 0 Å². The zero-order chi connectivity index (χ0) is 62.2. The number of primary sulfonamides is 1. The summed E-state index contributed by atoms with van der Waals surface area (Å²) < 4.78 is 165. The molecule has 2 aliphatic rings. The molecule has 452 valence electrons. The highest BCUT2D eigenvalue weighted by Crippen LogP contribution is 2.52. The summed E-state index contributed by atoms with van der Waals surface area (Å²) in [6.45, 7) is 10.5. The number of nitrogens with one attached hydrogen (secondary N) is 2. The van der Waals surface area contributed by atoms with Gasteiger partial charge >= 0.3 is 0 Å². The number of pyridine rings is 1. The molecule has 0 bridgehead atoms. The maximum Gasteiger partial charge on any atom is 0.295 e. The molecule has 2 aliphatic heterocycles. The number of benzene rings is 5. The molecule has 6 aromatic rings. The lowest BCUT2D eigenvalue weighted by Crippen LogP contribution is -2.28. The molecule has 0 fully saturated rings. The van der Waals surface area contributed by atoms with Crippen LogP contribution in [-0.4, -0.2) is 113 Å². The van der Waals surface area contributed by atoms with Crippen molar-refractivity contribution in [3.05, 3.63) is 155 Å². The first-order valence-corrected chi connectivity index (χ1v) is 34.3. The van der Waals surface area contributed by atoms with Crippen molar-refractivity contribution >= 4 is 107 Å². The third kappa shape index (κ3) is 14.3. The molecular weight excluding hydrogens is 1200 g/mol. The highest BCUT2D eigenvalue weighted by Gasteiger charge is 2.46. The van der Waals surface area contributed by atoms with E-state index in [0.717, 1.165) is 0 Å². The summed E-state index contributed by atoms with van der Waals surface area (Å²) in [7, 11) is -22.9. The fourth-order valence-electron chi connectivity index (χ4n) is 11.1. The largest absolute Gasteiger partial charge is 0.352 e. The lowest BCUT2D eigenvalue weighted by atomic mass is 9.79. The molecule has 2 amide bonds. The first kappa shape index (κ1) is 64.0. The topological polar surface area (TPSA) is 355 Å². The fraction of sp³-hybridized carbons (Fsp3) is 0.310. The van der Waals surface area contributed by atoms with Gasteiger partial charge in [0.25, 0.3) is 46.4 Å². The number of unbranched alkanes of at least 4 members (excludes halogenated alkanes) is 2. The van der Waals surface area contributed by atoms with E-state index in [1.54, 1.807) is 60.7 Å². The number of nitrogens with two attached hydrogens (primary N) is 1. The van der Waals surface area contributed by atoms with E-state index in [1.807, 2.05) is 56.2 Å². The summed E-state index contributed by atoms with van der Waals surface area (Å²) in [6, 6.07) is 21.9. The van der Waals surface area contributed by atoms with Crippen molar-refractivity contribution in [3.8, 4) is 0 Å². The quantitative estimate of drug-likeness (QED) is 0.0139. The van der Waals surface area contributed by atoms with Crippen LogP contribution in [0.4, 0.5) is 11.4 Å². The van der Waals surface area contributed by atoms with Gasteiger partial charge in [0.1, 0.15) is 11.4 Å². The normalized spacial score (nSPS) is 16.0. The van der Waals surface area contributed by atoms with Gasteiger partial charge < -0.3 is 15.5 Å². The van der Waals surface area contributed by atoms with Gasteiger partial charge in [-0.05, 0) is 133 Å². The standard InChI is InChI=1S/C58H64N6O16S5/c1-6-29-63-49-25-22-44-46(33-43(84(75,76)77)34-50(44)85(78,79)80)55(49)58(4,5)51(63)26-17-39(47-23-15-40(36-61-47)56(66)60-28-9-7-8-11-53(65)62-35-37-12-19-41(20-13-37)82(59,70)71)18-27-52-57(2,3)54-45-32-42(83(72,73)74)21-14-38(45)16-24-48(54)64(52)30-10-31-81(67,68)69/h12-27,32-34,36H,6-11,28-31,35H2,1-5H3,(H7-,59,60,62,65,66,67,68,69,70,71,72,73,74,75,76,77,78,79,80)/p+1. The number of amides is 2. The Bertz CT molecular complexity index is 4410. The molecule has 22 nitrogen and oxygen atoms in total. The lowest BCUT2D eigenvalue weighted by molar-refractivity contribution is -0.437. The monoisotopic (exact) mass is 1260 g/mol. The fourth-order valence-corrected chi connectivity index (χ4v) is 13.9. The van der Waals surface area contributed by atoms with E-state index in [1.165, 1.54) is 42.6 Å². The Morgan fingerprint density at radius 2 is 1.36 bits per heavy atom. The van der Waals surface area contributed by atoms with E-state index < -0.39 is 82.8 Å². The second-order valence-electron chi connectivity index (χ2n) is 21.8. The number of nitrogens with zero attached hydrogens (tertiary/aromatic N) is 3. The van der Waals surface area contributed by atoms with Gasteiger partial charge in [0, 0.05) is 84.1 Å². The molecule has 8 rings (SSSR count). The second-order valence-corrected chi connectivity index (χ2v) is 29.2. The number of anilines is 1. The zero-order valence-corrected chi connectivity index (χ0v) is 51.1. The van der Waals surface area contributed by atoms with Crippen molar-refractivity contribution in [2.75, 3.05) is 30.3 Å². The summed E-state index contributed by atoms with van der Waals surface area (Å²) >= 11 is 0. The highest BCUT2D eigenvalue weighted by molar-refractivity contribution is 7.89. The van der Waals surface area contributed by atoms with Gasteiger partial charge in [-0.1, -0.05) is 57.5 Å². The molecule has 0 radical (unpaired) electrons. The minimum absolute atomic E-state index is 0.0140. The molecule has 0 atom stereocenters. The summed E-state index contributed by atoms with van der Waals surface area (Å²) in [4.78, 5) is 30.9. The number of fused-ring (bicyclic) bond motifs is 6. The molecule has 27 heteroatoms. The number of aromatic nitrogens is 1. The Morgan fingerprint density at radius 3 is 1.99 bits per heavy atom. The average molecular weight is 1260 g/mol. The molecule has 8 N–H and O–H groups in total. The Balaban J connectivity index is 1.14. The van der Waals surface area contributed by atoms with Crippen LogP contribution in [0.25, 0.3) is 27.1 Å². The minimum Gasteiger partial charge on any atom is -0.352 e. The molecule has 0 saturated carbocycles. The maximum absolute atomic E-state index is 13.5. The summed E-state index contributed by atoms with van der Waals surface area (Å²) in [5.74, 6) is -1.18. The summed E-state index contributed by atoms with van der Waals surface area (Å²) in [5, 5.41) is 12.2. The Morgan fingerprint density at radius 1 is 0.694 bits per heavy atom. The van der Waals surface area contributed by atoms with Crippen LogP contribution < -0.4 is 20.7 Å². The van der Waals surface area contributed by atoms with E-state index in [0.29, 0.717) is 106 Å². The number of hydrogen-bond acceptors (Lipinski definition) is 14. The van der Waals surface area contributed by atoms with E-state index >= 15 is 0 Å². The number of sulfonamides is 1. The van der Waals surface area contributed by atoms with E-state index in [4.69, 9.17) is 10.1 Å². The van der Waals surface area contributed by atoms with Gasteiger partial charge in [-0.15, -0.1) is 0 Å². The van der Waals surface area contributed by atoms with E-state index in [-0.39, 0.29) is 58.0 Å². The zero-order valence-electron chi connectivity index (χ0n) is 47.0. The smallest absolute Gasteiger partial charge is 0.295 e. The van der Waals surface area contributed by atoms with Crippen LogP contribution in [0.3, 0.4) is 0 Å². The Kier molecular flexibility index (Phi) is 18.3. The molecule has 5 aromatic carbocycles. The van der Waals surface area contributed by atoms with Crippen molar-refractivity contribution in [2.45, 2.75) is 110 Å². The number of rotatable bonds is 23. The first-order valence-electron chi connectivity index (χ1n) is 26.8. The predicted octanol–water partition coefficient (Wildman–Crippen LogP) is 7.77.